The van der Waals surface area contributed by atoms with Crippen molar-refractivity contribution in [3.8, 4) is 0 Å². The number of nitrogens with two attached hydrogens (primary N) is 1. The molecular weight excluding hydrogens is 310 g/mol. The minimum atomic E-state index is 0.0289. The van der Waals surface area contributed by atoms with Crippen LogP contribution in [0.5, 0.6) is 0 Å². The monoisotopic (exact) mass is 331 g/mol. The highest BCUT2D eigenvalue weighted by Gasteiger charge is 2.22. The van der Waals surface area contributed by atoms with Crippen LogP contribution in [0.2, 0.25) is 0 Å². The molecular formula is C16H21N5OS. The second-order valence-electron chi connectivity index (χ2n) is 5.58. The fraction of sp³-hybridized carbons (Fsp3) is 0.375. The second kappa shape index (κ2) is 6.64. The highest BCUT2D eigenvalue weighted by molar-refractivity contribution is 8.04. The lowest BCUT2D eigenvalue weighted by Gasteiger charge is -2.28. The normalized spacial score (nSPS) is 14.9. The highest BCUT2D eigenvalue weighted by atomic mass is 32.2. The molecule has 3 N–H and O–H groups in total. The Morgan fingerprint density at radius 3 is 3.17 bits per heavy atom. The van der Waals surface area contributed by atoms with Crippen LogP contribution >= 0.6 is 11.8 Å². The minimum Gasteiger partial charge on any atom is -0.346 e. The van der Waals surface area contributed by atoms with Gasteiger partial charge in [0.15, 0.2) is 0 Å². The summed E-state index contributed by atoms with van der Waals surface area (Å²) in [4.78, 5) is 24.6. The van der Waals surface area contributed by atoms with Gasteiger partial charge in [0.2, 0.25) is 0 Å². The van der Waals surface area contributed by atoms with Crippen molar-refractivity contribution in [3.05, 3.63) is 35.1 Å². The summed E-state index contributed by atoms with van der Waals surface area (Å²) >= 11 is 1.60. The van der Waals surface area contributed by atoms with Crippen molar-refractivity contribution in [2.45, 2.75) is 6.92 Å². The quantitative estimate of drug-likeness (QED) is 0.891. The number of aryl methyl sites for hydroxylation is 1. The number of anilines is 1. The van der Waals surface area contributed by atoms with Crippen molar-refractivity contribution in [1.29, 1.82) is 0 Å². The number of hydrogen-bond donors (Lipinski definition) is 2. The number of carbonyl (C=O) groups excluding carboxylic acids is 1. The van der Waals surface area contributed by atoms with E-state index in [1.165, 1.54) is 0 Å². The zero-order valence-corrected chi connectivity index (χ0v) is 14.2. The number of nitrogens with zero attached hydrogens (tertiary/aromatic N) is 3. The Labute approximate surface area is 139 Å². The molecule has 3 heterocycles. The van der Waals surface area contributed by atoms with Gasteiger partial charge >= 0.3 is 0 Å². The maximum absolute atomic E-state index is 12.5. The van der Waals surface area contributed by atoms with Crippen molar-refractivity contribution in [2.75, 3.05) is 37.3 Å². The number of aromatic amines is 1. The molecule has 0 unspecified atom stereocenters. The average molecular weight is 331 g/mol. The molecule has 7 heteroatoms. The number of fused-ring (bicyclic) bond motifs is 1. The van der Waals surface area contributed by atoms with E-state index in [0.717, 1.165) is 39.5 Å². The van der Waals surface area contributed by atoms with E-state index in [4.69, 9.17) is 5.73 Å². The van der Waals surface area contributed by atoms with Crippen LogP contribution in [0.3, 0.4) is 0 Å². The van der Waals surface area contributed by atoms with Crippen molar-refractivity contribution in [2.24, 2.45) is 5.73 Å². The topological polar surface area (TPSA) is 78.2 Å². The van der Waals surface area contributed by atoms with Crippen LogP contribution in [-0.4, -0.2) is 53.2 Å². The molecule has 0 saturated carbocycles. The van der Waals surface area contributed by atoms with Crippen LogP contribution in [0.4, 0.5) is 5.69 Å². The van der Waals surface area contributed by atoms with Gasteiger partial charge in [-0.25, -0.2) is 4.98 Å². The van der Waals surface area contributed by atoms with E-state index in [0.29, 0.717) is 13.1 Å². The highest BCUT2D eigenvalue weighted by Crippen LogP contribution is 2.32. The smallest absolute Gasteiger partial charge is 0.261 e. The number of H-pyrrole nitrogens is 1. The molecule has 0 radical (unpaired) electrons. The van der Waals surface area contributed by atoms with Crippen molar-refractivity contribution in [3.63, 3.8) is 0 Å². The van der Waals surface area contributed by atoms with Gasteiger partial charge in [-0.1, -0.05) is 0 Å². The van der Waals surface area contributed by atoms with E-state index in [-0.39, 0.29) is 5.91 Å². The van der Waals surface area contributed by atoms with Gasteiger partial charge in [-0.05, 0) is 18.6 Å². The van der Waals surface area contributed by atoms with Crippen molar-refractivity contribution < 1.29 is 4.79 Å². The van der Waals surface area contributed by atoms with Gasteiger partial charge in [-0.15, -0.1) is 11.8 Å². The third-order valence-electron chi connectivity index (χ3n) is 3.94. The number of nitrogens with one attached hydrogen (secondary N) is 1. The Morgan fingerprint density at radius 2 is 2.39 bits per heavy atom. The number of likely N-dealkylation sites (N-methyl/N-ethyl adjacent to an activating group) is 1. The Morgan fingerprint density at radius 1 is 1.57 bits per heavy atom. The van der Waals surface area contributed by atoms with Crippen molar-refractivity contribution >= 4 is 34.4 Å². The van der Waals surface area contributed by atoms with Crippen LogP contribution in [0.1, 0.15) is 5.56 Å². The lowest BCUT2D eigenvalue weighted by molar-refractivity contribution is -0.125. The Balaban J connectivity index is 1.95. The lowest BCUT2D eigenvalue weighted by Crippen LogP contribution is -2.34. The molecule has 0 spiro atoms. The first-order valence-electron chi connectivity index (χ1n) is 7.61. The van der Waals surface area contributed by atoms with Gasteiger partial charge in [0.25, 0.3) is 5.91 Å². The number of thioether (sulfide) groups is 1. The molecule has 1 amide bonds. The molecule has 0 saturated heterocycles. The van der Waals surface area contributed by atoms with Gasteiger partial charge < -0.3 is 20.5 Å². The van der Waals surface area contributed by atoms with E-state index in [9.17, 15) is 4.79 Å². The average Bonchev–Trinajstić information content (AvgIpc) is 2.96. The largest absolute Gasteiger partial charge is 0.346 e. The van der Waals surface area contributed by atoms with E-state index >= 15 is 0 Å². The van der Waals surface area contributed by atoms with E-state index < -0.39 is 0 Å². The summed E-state index contributed by atoms with van der Waals surface area (Å²) in [7, 11) is 1.79. The predicted molar refractivity (Wildman–Crippen MR) is 95.4 cm³/mol. The first-order valence-corrected chi connectivity index (χ1v) is 8.60. The molecule has 2 aromatic rings. The van der Waals surface area contributed by atoms with Crippen LogP contribution in [0, 0.1) is 6.92 Å². The summed E-state index contributed by atoms with van der Waals surface area (Å²) in [6.07, 6.45) is 5.71. The zero-order valence-electron chi connectivity index (χ0n) is 13.4. The maximum atomic E-state index is 12.5. The summed E-state index contributed by atoms with van der Waals surface area (Å²) in [6, 6.07) is 2.00. The van der Waals surface area contributed by atoms with Crippen molar-refractivity contribution in [1.82, 2.24) is 14.9 Å². The fourth-order valence-corrected chi connectivity index (χ4v) is 3.71. The van der Waals surface area contributed by atoms with Gasteiger partial charge in [0, 0.05) is 56.4 Å². The minimum absolute atomic E-state index is 0.0289. The second-order valence-corrected chi connectivity index (χ2v) is 6.71. The third-order valence-corrected chi connectivity index (χ3v) is 4.92. The summed E-state index contributed by atoms with van der Waals surface area (Å²) in [6.45, 7) is 3.96. The third kappa shape index (κ3) is 3.07. The molecule has 2 aromatic heterocycles. The molecule has 0 aliphatic carbocycles. The van der Waals surface area contributed by atoms with Gasteiger partial charge in [-0.3, -0.25) is 4.79 Å². The van der Waals surface area contributed by atoms with E-state index in [1.54, 1.807) is 29.9 Å². The lowest BCUT2D eigenvalue weighted by atomic mass is 10.2. The molecule has 6 nitrogen and oxygen atoms in total. The summed E-state index contributed by atoms with van der Waals surface area (Å²) in [5.74, 6) is 0.905. The Hall–Kier alpha value is -1.99. The maximum Gasteiger partial charge on any atom is 0.261 e. The molecule has 1 aliphatic heterocycles. The number of rotatable bonds is 4. The number of pyridine rings is 1. The number of hydrogen-bond acceptors (Lipinski definition) is 5. The van der Waals surface area contributed by atoms with Crippen LogP contribution < -0.4 is 10.6 Å². The molecule has 0 aromatic carbocycles. The SMILES string of the molecule is Cc1c[nH]c2nccc(N3C=C(C(=O)N(C)CCN)SCC3)c12. The summed E-state index contributed by atoms with van der Waals surface area (Å²) < 4.78 is 0. The molecule has 0 fully saturated rings. The first kappa shape index (κ1) is 15.9. The molecule has 0 atom stereocenters. The van der Waals surface area contributed by atoms with Gasteiger partial charge in [0.05, 0.1) is 10.6 Å². The number of carbonyl (C=O) groups is 1. The molecule has 1 aliphatic rings. The molecule has 122 valence electrons. The van der Waals surface area contributed by atoms with E-state index in [2.05, 4.69) is 21.8 Å². The van der Waals surface area contributed by atoms with Gasteiger partial charge in [0.1, 0.15) is 5.65 Å². The summed E-state index contributed by atoms with van der Waals surface area (Å²) in [5, 5.41) is 1.11. The van der Waals surface area contributed by atoms with Crippen LogP contribution in [0.15, 0.2) is 29.6 Å². The van der Waals surface area contributed by atoms with Gasteiger partial charge in [-0.2, -0.15) is 0 Å². The molecule has 23 heavy (non-hydrogen) atoms. The van der Waals surface area contributed by atoms with Crippen LogP contribution in [-0.2, 0) is 4.79 Å². The fourth-order valence-electron chi connectivity index (χ4n) is 2.73. The Kier molecular flexibility index (Phi) is 4.58. The standard InChI is InChI=1S/C16H21N5OS/c1-11-9-19-15-14(11)12(3-5-18-15)21-7-8-23-13(10-21)16(22)20(2)6-4-17/h3,5,9-10H,4,6-8,17H2,1-2H3,(H,18,19). The first-order chi connectivity index (χ1) is 11.1. The summed E-state index contributed by atoms with van der Waals surface area (Å²) in [5.41, 5.74) is 8.66. The predicted octanol–water partition coefficient (Wildman–Crippen LogP) is 1.68. The number of aromatic nitrogens is 2. The molecule has 3 rings (SSSR count). The zero-order chi connectivity index (χ0) is 16.4. The number of amides is 1. The molecule has 0 bridgehead atoms. The van der Waals surface area contributed by atoms with E-state index in [1.807, 2.05) is 18.5 Å². The Bertz CT molecular complexity index is 754. The van der Waals surface area contributed by atoms with Crippen LogP contribution in [0.25, 0.3) is 11.0 Å².